The summed E-state index contributed by atoms with van der Waals surface area (Å²) in [5.74, 6) is 0. The summed E-state index contributed by atoms with van der Waals surface area (Å²) in [5.41, 5.74) is 0. The van der Waals surface area contributed by atoms with Crippen molar-refractivity contribution in [2.24, 2.45) is 0 Å². The van der Waals surface area contributed by atoms with Crippen LogP contribution in [0.25, 0.3) is 0 Å². The van der Waals surface area contributed by atoms with E-state index in [0.717, 1.165) is 5.04 Å². The minimum absolute atomic E-state index is 0.742. The van der Waals surface area contributed by atoms with Gasteiger partial charge in [-0.05, 0) is 0 Å². The third-order valence-corrected chi connectivity index (χ3v) is 5.30. The maximum Gasteiger partial charge on any atom is 0.00955 e. The number of hydrogen-bond acceptors (Lipinski definition) is 0. The van der Waals surface area contributed by atoms with E-state index in [1.165, 1.54) is 26.5 Å². The Bertz CT molecular complexity index is 35.3. The van der Waals surface area contributed by atoms with Crippen LogP contribution in [0, 0.1) is 0 Å². The molecule has 0 aromatic heterocycles. The third-order valence-electron chi connectivity index (χ3n) is 1.06. The fourth-order valence-electron chi connectivity index (χ4n) is 0. The van der Waals surface area contributed by atoms with Crippen molar-refractivity contribution in [1.82, 2.24) is 0 Å². The van der Waals surface area contributed by atoms with Gasteiger partial charge in [-0.25, -0.2) is 0 Å². The minimum atomic E-state index is 0.742. The van der Waals surface area contributed by atoms with Gasteiger partial charge < -0.3 is 0 Å². The monoisotopic (exact) mass is 118 g/mol. The minimum Gasteiger partial charge on any atom is -0.0640 e. The topological polar surface area (TPSA) is 0 Å². The van der Waals surface area contributed by atoms with E-state index in [9.17, 15) is 0 Å². The molecule has 0 N–H and O–H groups in total. The molecule has 38 valence electrons. The van der Waals surface area contributed by atoms with Crippen molar-refractivity contribution < 1.29 is 0 Å². The molecule has 0 atom stereocenters. The molecule has 0 amide bonds. The Balaban J connectivity index is 3.17. The highest BCUT2D eigenvalue weighted by atomic mass is 28.2. The lowest BCUT2D eigenvalue weighted by Gasteiger charge is -2.12. The second-order valence-corrected chi connectivity index (χ2v) is 6.33. The highest BCUT2D eigenvalue weighted by Gasteiger charge is 2.03. The first-order valence-corrected chi connectivity index (χ1v) is 4.97. The van der Waals surface area contributed by atoms with Gasteiger partial charge in [0.1, 0.15) is 0 Å². The molecule has 0 unspecified atom stereocenters. The maximum atomic E-state index is 2.34. The van der Waals surface area contributed by atoms with Crippen molar-refractivity contribution in [3.63, 3.8) is 0 Å². The Morgan fingerprint density at radius 2 is 1.67 bits per heavy atom. The Labute approximate surface area is 46.2 Å². The molecule has 0 aliphatic heterocycles. The molecule has 0 aromatic carbocycles. The predicted octanol–water partition coefficient (Wildman–Crippen LogP) is -0.666. The smallest absolute Gasteiger partial charge is 0.00955 e. The van der Waals surface area contributed by atoms with Crippen molar-refractivity contribution in [3.05, 3.63) is 0 Å². The van der Waals surface area contributed by atoms with Gasteiger partial charge in [0.25, 0.3) is 0 Å². The van der Waals surface area contributed by atoms with Crippen LogP contribution in [0.15, 0.2) is 0 Å². The summed E-state index contributed by atoms with van der Waals surface area (Å²) < 4.78 is 0. The van der Waals surface area contributed by atoms with Crippen LogP contribution in [-0.4, -0.2) is 20.5 Å². The molecule has 0 aliphatic carbocycles. The molecule has 0 aromatic rings. The van der Waals surface area contributed by atoms with Crippen LogP contribution in [0.3, 0.4) is 0 Å². The molecule has 0 saturated carbocycles. The van der Waals surface area contributed by atoms with Crippen LogP contribution in [0.5, 0.6) is 0 Å². The molecule has 0 aliphatic rings. The molecular formula is C4H14Si2. The molecule has 0 spiro atoms. The van der Waals surface area contributed by atoms with E-state index >= 15 is 0 Å². The van der Waals surface area contributed by atoms with Crippen LogP contribution in [0.2, 0.25) is 11.1 Å². The van der Waals surface area contributed by atoms with Crippen LogP contribution in [-0.2, 0) is 0 Å². The third kappa shape index (κ3) is 4.43. The first-order valence-electron chi connectivity index (χ1n) is 2.56. The summed E-state index contributed by atoms with van der Waals surface area (Å²) in [5, 5.41) is 0.742. The van der Waals surface area contributed by atoms with Gasteiger partial charge in [-0.2, -0.15) is 0 Å². The van der Waals surface area contributed by atoms with Crippen molar-refractivity contribution >= 4 is 20.5 Å². The summed E-state index contributed by atoms with van der Waals surface area (Å²) in [6.07, 6.45) is 0. The summed E-state index contributed by atoms with van der Waals surface area (Å²) in [6.45, 7) is 4.68. The van der Waals surface area contributed by atoms with Crippen LogP contribution in [0.1, 0.15) is 13.8 Å². The number of rotatable bonds is 1. The normalized spacial score (nSPS) is 13.0. The predicted molar refractivity (Wildman–Crippen MR) is 38.7 cm³/mol. The molecule has 0 radical (unpaired) electrons. The zero-order valence-electron chi connectivity index (χ0n) is 5.21. The van der Waals surface area contributed by atoms with Crippen molar-refractivity contribution in [1.29, 1.82) is 0 Å². The van der Waals surface area contributed by atoms with Gasteiger partial charge in [-0.3, -0.25) is 0 Å². The molecule has 0 fully saturated rings. The van der Waals surface area contributed by atoms with Gasteiger partial charge in [-0.1, -0.05) is 24.9 Å². The van der Waals surface area contributed by atoms with E-state index in [0.29, 0.717) is 0 Å². The Morgan fingerprint density at radius 1 is 1.50 bits per heavy atom. The van der Waals surface area contributed by atoms with Crippen molar-refractivity contribution in [2.75, 3.05) is 0 Å². The van der Waals surface area contributed by atoms with Crippen molar-refractivity contribution in [2.45, 2.75) is 24.9 Å². The van der Waals surface area contributed by atoms with Gasteiger partial charge in [0.2, 0.25) is 0 Å². The molecule has 0 saturated heterocycles. The lowest BCUT2D eigenvalue weighted by molar-refractivity contribution is 0.765. The molecule has 2 heteroatoms. The van der Waals surface area contributed by atoms with Gasteiger partial charge in [0.15, 0.2) is 0 Å². The number of hydrogen-bond donors (Lipinski definition) is 0. The fourth-order valence-corrected chi connectivity index (χ4v) is 0. The zero-order valence-corrected chi connectivity index (χ0v) is 9.21. The maximum absolute atomic E-state index is 2.34. The van der Waals surface area contributed by atoms with E-state index in [1.54, 1.807) is 0 Å². The van der Waals surface area contributed by atoms with Gasteiger partial charge >= 0.3 is 0 Å². The standard InChI is InChI=1S/C4H14Si2/c1-4(2,6)3-5/h3H2,1-2,5-6H3. The summed E-state index contributed by atoms with van der Waals surface area (Å²) in [4.78, 5) is 0. The molecular weight excluding hydrogens is 104 g/mol. The van der Waals surface area contributed by atoms with Gasteiger partial charge in [0.05, 0.1) is 0 Å². The summed E-state index contributed by atoms with van der Waals surface area (Å²) >= 11 is 0. The van der Waals surface area contributed by atoms with E-state index in [1.807, 2.05) is 0 Å². The first-order chi connectivity index (χ1) is 2.56. The second-order valence-electron chi connectivity index (χ2n) is 2.91. The zero-order chi connectivity index (χ0) is 5.21. The lowest BCUT2D eigenvalue weighted by Crippen LogP contribution is -1.98. The highest BCUT2D eigenvalue weighted by Crippen LogP contribution is 2.20. The molecule has 0 bridgehead atoms. The molecule has 0 heterocycles. The first kappa shape index (κ1) is 6.43. The molecule has 0 rings (SSSR count). The summed E-state index contributed by atoms with van der Waals surface area (Å²) in [6, 6.07) is 1.47. The molecule has 0 nitrogen and oxygen atoms in total. The SMILES string of the molecule is CC(C)([SiH3])C[SiH3]. The highest BCUT2D eigenvalue weighted by molar-refractivity contribution is 6.21. The average molecular weight is 118 g/mol. The Kier molecular flexibility index (Phi) is 2.07. The van der Waals surface area contributed by atoms with Crippen molar-refractivity contribution in [3.8, 4) is 0 Å². The second kappa shape index (κ2) is 1.93. The Hall–Kier alpha value is 0.434. The van der Waals surface area contributed by atoms with Crippen LogP contribution < -0.4 is 0 Å². The van der Waals surface area contributed by atoms with E-state index in [2.05, 4.69) is 13.8 Å². The van der Waals surface area contributed by atoms with Gasteiger partial charge in [0, 0.05) is 20.5 Å². The van der Waals surface area contributed by atoms with E-state index in [-0.39, 0.29) is 0 Å². The van der Waals surface area contributed by atoms with E-state index in [4.69, 9.17) is 0 Å². The van der Waals surface area contributed by atoms with Crippen LogP contribution in [0.4, 0.5) is 0 Å². The average Bonchev–Trinajstić information content (AvgIpc) is 1.35. The quantitative estimate of drug-likeness (QED) is 0.401. The molecule has 6 heavy (non-hydrogen) atoms. The van der Waals surface area contributed by atoms with E-state index < -0.39 is 0 Å². The summed E-state index contributed by atoms with van der Waals surface area (Å²) in [7, 11) is 2.75. The largest absolute Gasteiger partial charge is 0.0640 e. The van der Waals surface area contributed by atoms with Crippen LogP contribution >= 0.6 is 0 Å². The lowest BCUT2D eigenvalue weighted by atomic mass is 10.2. The fraction of sp³-hybridized carbons (Fsp3) is 1.00. The Morgan fingerprint density at radius 3 is 1.67 bits per heavy atom. The van der Waals surface area contributed by atoms with Gasteiger partial charge in [-0.15, -0.1) is 0 Å².